The van der Waals surface area contributed by atoms with Crippen molar-refractivity contribution in [3.8, 4) is 0 Å². The van der Waals surface area contributed by atoms with Crippen LogP contribution < -0.4 is 4.90 Å². The maximum Gasteiger partial charge on any atom is 0.261 e. The van der Waals surface area contributed by atoms with E-state index in [1.54, 1.807) is 6.07 Å². The van der Waals surface area contributed by atoms with Crippen LogP contribution in [-0.4, -0.2) is 37.0 Å². The monoisotopic (exact) mass is 414 g/mol. The van der Waals surface area contributed by atoms with E-state index in [0.29, 0.717) is 12.2 Å². The average molecular weight is 414 g/mol. The van der Waals surface area contributed by atoms with Crippen molar-refractivity contribution < 1.29 is 18.0 Å². The van der Waals surface area contributed by atoms with Gasteiger partial charge in [0.05, 0.1) is 5.56 Å². The number of hydrogen-bond donors (Lipinski definition) is 0. The second-order valence-electron chi connectivity index (χ2n) is 9.03. The third-order valence-electron chi connectivity index (χ3n) is 7.05. The zero-order chi connectivity index (χ0) is 20.9. The molecule has 5 rings (SSSR count). The van der Waals surface area contributed by atoms with Gasteiger partial charge in [0, 0.05) is 17.6 Å². The standard InChI is InChI=1S/C24H25F3N2O/c25-17-3-5-21(27)19(13-17)23(30)29-15-24(20-14-18(26)4-6-22(20)29)8-11-28(12-9-24)10-7-16-1-2-16/h3-6,13-14,16H,1-2,7-12,15H2. The van der Waals surface area contributed by atoms with Gasteiger partial charge < -0.3 is 9.80 Å². The summed E-state index contributed by atoms with van der Waals surface area (Å²) in [5.74, 6) is -1.43. The Bertz CT molecular complexity index is 980. The first kappa shape index (κ1) is 19.6. The summed E-state index contributed by atoms with van der Waals surface area (Å²) in [6, 6.07) is 7.34. The van der Waals surface area contributed by atoms with E-state index >= 15 is 0 Å². The van der Waals surface area contributed by atoms with E-state index in [1.807, 2.05) is 0 Å². The van der Waals surface area contributed by atoms with Gasteiger partial charge in [-0.05, 0) is 86.8 Å². The lowest BCUT2D eigenvalue weighted by Crippen LogP contribution is -2.46. The Balaban J connectivity index is 1.42. The van der Waals surface area contributed by atoms with Crippen LogP contribution in [0.2, 0.25) is 0 Å². The molecule has 1 saturated heterocycles. The second kappa shape index (κ2) is 7.41. The topological polar surface area (TPSA) is 23.6 Å². The molecule has 0 bridgehead atoms. The van der Waals surface area contributed by atoms with Crippen LogP contribution >= 0.6 is 0 Å². The van der Waals surface area contributed by atoms with Crippen molar-refractivity contribution in [3.63, 3.8) is 0 Å². The number of rotatable bonds is 4. The third kappa shape index (κ3) is 3.51. The predicted octanol–water partition coefficient (Wildman–Crippen LogP) is 4.90. The first-order valence-electron chi connectivity index (χ1n) is 10.7. The molecule has 0 N–H and O–H groups in total. The smallest absolute Gasteiger partial charge is 0.261 e. The minimum Gasteiger partial charge on any atom is -0.307 e. The Morgan fingerprint density at radius 3 is 2.43 bits per heavy atom. The highest BCUT2D eigenvalue weighted by Crippen LogP contribution is 2.48. The number of nitrogens with zero attached hydrogens (tertiary/aromatic N) is 2. The van der Waals surface area contributed by atoms with Crippen LogP contribution in [0.25, 0.3) is 0 Å². The lowest BCUT2D eigenvalue weighted by atomic mass is 9.74. The van der Waals surface area contributed by atoms with Crippen molar-refractivity contribution in [1.82, 2.24) is 4.90 Å². The van der Waals surface area contributed by atoms with Gasteiger partial charge in [0.25, 0.3) is 5.91 Å². The molecule has 1 spiro atoms. The van der Waals surface area contributed by atoms with Crippen molar-refractivity contribution >= 4 is 11.6 Å². The number of carbonyl (C=O) groups is 1. The Morgan fingerprint density at radius 2 is 1.70 bits per heavy atom. The molecule has 1 aliphatic carbocycles. The summed E-state index contributed by atoms with van der Waals surface area (Å²) in [6.07, 6.45) is 5.57. The Morgan fingerprint density at radius 1 is 1.00 bits per heavy atom. The number of benzene rings is 2. The highest BCUT2D eigenvalue weighted by molar-refractivity contribution is 6.08. The Labute approximate surface area is 174 Å². The molecule has 0 unspecified atom stereocenters. The predicted molar refractivity (Wildman–Crippen MR) is 109 cm³/mol. The molecule has 2 aromatic carbocycles. The molecule has 2 aromatic rings. The Hall–Kier alpha value is -2.34. The van der Waals surface area contributed by atoms with Gasteiger partial charge in [-0.15, -0.1) is 0 Å². The quantitative estimate of drug-likeness (QED) is 0.711. The van der Waals surface area contributed by atoms with E-state index in [4.69, 9.17) is 0 Å². The number of hydrogen-bond acceptors (Lipinski definition) is 2. The molecular formula is C24H25F3N2O. The molecule has 0 aromatic heterocycles. The molecule has 0 radical (unpaired) electrons. The largest absolute Gasteiger partial charge is 0.307 e. The molecule has 30 heavy (non-hydrogen) atoms. The van der Waals surface area contributed by atoms with Gasteiger partial charge in [-0.1, -0.05) is 12.8 Å². The van der Waals surface area contributed by atoms with Gasteiger partial charge >= 0.3 is 0 Å². The van der Waals surface area contributed by atoms with E-state index < -0.39 is 17.5 Å². The minimum absolute atomic E-state index is 0.288. The van der Waals surface area contributed by atoms with Crippen LogP contribution in [-0.2, 0) is 5.41 Å². The molecular weight excluding hydrogens is 389 g/mol. The summed E-state index contributed by atoms with van der Waals surface area (Å²) < 4.78 is 42.1. The molecule has 1 saturated carbocycles. The van der Waals surface area contributed by atoms with Crippen LogP contribution in [0, 0.1) is 23.4 Å². The van der Waals surface area contributed by atoms with Crippen LogP contribution in [0.15, 0.2) is 36.4 Å². The Kier molecular flexibility index (Phi) is 4.85. The molecule has 2 heterocycles. The number of fused-ring (bicyclic) bond motifs is 2. The fraction of sp³-hybridized carbons (Fsp3) is 0.458. The molecule has 3 aliphatic rings. The van der Waals surface area contributed by atoms with Crippen LogP contribution in [0.5, 0.6) is 0 Å². The van der Waals surface area contributed by atoms with Crippen molar-refractivity contribution in [2.75, 3.05) is 31.1 Å². The number of likely N-dealkylation sites (tertiary alicyclic amines) is 1. The highest BCUT2D eigenvalue weighted by Gasteiger charge is 2.47. The molecule has 158 valence electrons. The highest BCUT2D eigenvalue weighted by atomic mass is 19.1. The summed E-state index contributed by atoms with van der Waals surface area (Å²) in [5, 5.41) is 0. The van der Waals surface area contributed by atoms with Crippen molar-refractivity contribution in [2.45, 2.75) is 37.5 Å². The van der Waals surface area contributed by atoms with Gasteiger partial charge in [0.15, 0.2) is 0 Å². The number of anilines is 1. The number of carbonyl (C=O) groups excluding carboxylic acids is 1. The third-order valence-corrected chi connectivity index (χ3v) is 7.05. The SMILES string of the molecule is O=C(c1cc(F)ccc1F)N1CC2(CCN(CCC3CC3)CC2)c2cc(F)ccc21. The normalized spacial score (nSPS) is 20.6. The second-order valence-corrected chi connectivity index (χ2v) is 9.03. The lowest BCUT2D eigenvalue weighted by Gasteiger charge is -2.40. The van der Waals surface area contributed by atoms with Crippen LogP contribution in [0.1, 0.15) is 48.0 Å². The van der Waals surface area contributed by atoms with Gasteiger partial charge in [-0.25, -0.2) is 13.2 Å². The van der Waals surface area contributed by atoms with Crippen molar-refractivity contribution in [3.05, 3.63) is 65.0 Å². The van der Waals surface area contributed by atoms with Crippen LogP contribution in [0.4, 0.5) is 18.9 Å². The molecule has 2 aliphatic heterocycles. The molecule has 1 amide bonds. The van der Waals surface area contributed by atoms with Gasteiger partial charge in [0.2, 0.25) is 0 Å². The summed E-state index contributed by atoms with van der Waals surface area (Å²) in [7, 11) is 0. The van der Waals surface area contributed by atoms with Gasteiger partial charge in [-0.3, -0.25) is 4.79 Å². The summed E-state index contributed by atoms with van der Waals surface area (Å²) >= 11 is 0. The minimum atomic E-state index is -0.749. The maximum atomic E-state index is 14.3. The zero-order valence-electron chi connectivity index (χ0n) is 16.8. The number of piperidine rings is 1. The average Bonchev–Trinajstić information content (AvgIpc) is 3.53. The fourth-order valence-corrected chi connectivity index (χ4v) is 5.03. The maximum absolute atomic E-state index is 14.3. The van der Waals surface area contributed by atoms with Gasteiger partial charge in [-0.2, -0.15) is 0 Å². The van der Waals surface area contributed by atoms with Crippen molar-refractivity contribution in [2.24, 2.45) is 5.92 Å². The summed E-state index contributed by atoms with van der Waals surface area (Å²) in [5.41, 5.74) is 0.794. The van der Waals surface area contributed by atoms with Gasteiger partial charge in [0.1, 0.15) is 17.5 Å². The first-order valence-corrected chi connectivity index (χ1v) is 10.7. The number of halogens is 3. The molecule has 6 heteroatoms. The van der Waals surface area contributed by atoms with E-state index in [1.165, 1.54) is 36.3 Å². The first-order chi connectivity index (χ1) is 14.4. The van der Waals surface area contributed by atoms with Crippen molar-refractivity contribution in [1.29, 1.82) is 0 Å². The van der Waals surface area contributed by atoms with E-state index in [2.05, 4.69) is 4.90 Å². The molecule has 3 nitrogen and oxygen atoms in total. The lowest BCUT2D eigenvalue weighted by molar-refractivity contribution is 0.0971. The van der Waals surface area contributed by atoms with E-state index in [9.17, 15) is 18.0 Å². The summed E-state index contributed by atoms with van der Waals surface area (Å²) in [6.45, 7) is 3.27. The van der Waals surface area contributed by atoms with E-state index in [0.717, 1.165) is 62.2 Å². The summed E-state index contributed by atoms with van der Waals surface area (Å²) in [4.78, 5) is 17.1. The molecule has 0 atom stereocenters. The number of amides is 1. The van der Waals surface area contributed by atoms with E-state index in [-0.39, 0.29) is 16.8 Å². The fourth-order valence-electron chi connectivity index (χ4n) is 5.03. The zero-order valence-corrected chi connectivity index (χ0v) is 16.8. The molecule has 2 fully saturated rings. The van der Waals surface area contributed by atoms with Crippen LogP contribution in [0.3, 0.4) is 0 Å².